The molecular weight excluding hydrogens is 342 g/mol. The average Bonchev–Trinajstić information content (AvgIpc) is 3.03. The second kappa shape index (κ2) is 8.45. The number of benzene rings is 2. The van der Waals surface area contributed by atoms with E-state index >= 15 is 0 Å². The summed E-state index contributed by atoms with van der Waals surface area (Å²) in [5, 5.41) is 0. The summed E-state index contributed by atoms with van der Waals surface area (Å²) >= 11 is 1.79. The van der Waals surface area contributed by atoms with Crippen LogP contribution in [0.3, 0.4) is 0 Å². The summed E-state index contributed by atoms with van der Waals surface area (Å²) in [5.41, 5.74) is 0.565. The van der Waals surface area contributed by atoms with Crippen molar-refractivity contribution in [2.24, 2.45) is 5.41 Å². The van der Waals surface area contributed by atoms with Gasteiger partial charge in [0.2, 0.25) is 5.91 Å². The number of rotatable bonds is 7. The average molecular weight is 368 g/mol. The summed E-state index contributed by atoms with van der Waals surface area (Å²) in [6, 6.07) is 18.1. The summed E-state index contributed by atoms with van der Waals surface area (Å²) in [7, 11) is 1.65. The monoisotopic (exact) mass is 367 g/mol. The second-order valence-corrected chi connectivity index (χ2v) is 7.53. The highest BCUT2D eigenvalue weighted by Gasteiger charge is 2.43. The number of anilines is 1. The van der Waals surface area contributed by atoms with Crippen molar-refractivity contribution in [3.05, 3.63) is 66.7 Å². The number of thioether (sulfide) groups is 1. The van der Waals surface area contributed by atoms with Crippen molar-refractivity contribution in [1.82, 2.24) is 0 Å². The number of methoxy groups -OCH3 is 1. The molecule has 0 saturated carbocycles. The Kier molecular flexibility index (Phi) is 6.04. The zero-order valence-corrected chi connectivity index (χ0v) is 16.2. The van der Waals surface area contributed by atoms with Crippen molar-refractivity contribution >= 4 is 23.4 Å². The third-order valence-corrected chi connectivity index (χ3v) is 5.96. The van der Waals surface area contributed by atoms with Crippen LogP contribution in [0.25, 0.3) is 0 Å². The fourth-order valence-electron chi connectivity index (χ4n) is 3.33. The molecule has 1 atom stereocenters. The summed E-state index contributed by atoms with van der Waals surface area (Å²) in [5.74, 6) is 1.88. The Morgan fingerprint density at radius 2 is 1.88 bits per heavy atom. The highest BCUT2D eigenvalue weighted by Crippen LogP contribution is 2.39. The van der Waals surface area contributed by atoms with Gasteiger partial charge in [-0.25, -0.2) is 0 Å². The summed E-state index contributed by atoms with van der Waals surface area (Å²) < 4.78 is 5.21. The van der Waals surface area contributed by atoms with E-state index in [1.165, 1.54) is 4.90 Å². The van der Waals surface area contributed by atoms with Crippen LogP contribution < -0.4 is 9.64 Å². The van der Waals surface area contributed by atoms with E-state index in [2.05, 4.69) is 31.2 Å². The van der Waals surface area contributed by atoms with Crippen LogP contribution in [0.2, 0.25) is 0 Å². The third kappa shape index (κ3) is 3.96. The number of carbonyl (C=O) groups is 1. The van der Waals surface area contributed by atoms with E-state index in [0.717, 1.165) is 36.6 Å². The zero-order valence-electron chi connectivity index (χ0n) is 15.4. The zero-order chi connectivity index (χ0) is 18.4. The standard InChI is InChI=1S/C22H25NO2S/c1-3-22(14-7-17-26-20-8-5-4-6-9-20)15-16-23(21(22)24)18-10-12-19(25-2)13-11-18/h4-14H,3,15-17H2,1-2H3/b14-7+/t22-/m1/s1. The lowest BCUT2D eigenvalue weighted by molar-refractivity contribution is -0.123. The number of ether oxygens (including phenoxy) is 1. The maximum absolute atomic E-state index is 13.1. The number of carbonyl (C=O) groups excluding carboxylic acids is 1. The van der Waals surface area contributed by atoms with Gasteiger partial charge in [0.25, 0.3) is 0 Å². The highest BCUT2D eigenvalue weighted by atomic mass is 32.2. The van der Waals surface area contributed by atoms with Crippen LogP contribution in [-0.4, -0.2) is 25.3 Å². The van der Waals surface area contributed by atoms with Gasteiger partial charge in [0.1, 0.15) is 5.75 Å². The first-order valence-electron chi connectivity index (χ1n) is 9.00. The topological polar surface area (TPSA) is 29.5 Å². The van der Waals surface area contributed by atoms with Gasteiger partial charge < -0.3 is 9.64 Å². The first-order chi connectivity index (χ1) is 12.7. The van der Waals surface area contributed by atoms with Gasteiger partial charge in [-0.1, -0.05) is 37.3 Å². The number of hydrogen-bond acceptors (Lipinski definition) is 3. The normalized spacial score (nSPS) is 20.1. The molecule has 0 bridgehead atoms. The molecule has 1 heterocycles. The predicted molar refractivity (Wildman–Crippen MR) is 109 cm³/mol. The maximum Gasteiger partial charge on any atom is 0.237 e. The van der Waals surface area contributed by atoms with Crippen LogP contribution in [-0.2, 0) is 4.79 Å². The molecule has 1 saturated heterocycles. The van der Waals surface area contributed by atoms with E-state index in [0.29, 0.717) is 0 Å². The first-order valence-corrected chi connectivity index (χ1v) is 9.98. The minimum atomic E-state index is -0.378. The molecule has 0 N–H and O–H groups in total. The van der Waals surface area contributed by atoms with Crippen LogP contribution >= 0.6 is 11.8 Å². The quantitative estimate of drug-likeness (QED) is 0.499. The maximum atomic E-state index is 13.1. The molecule has 2 aromatic carbocycles. The first kappa shape index (κ1) is 18.6. The Morgan fingerprint density at radius 3 is 2.54 bits per heavy atom. The van der Waals surface area contributed by atoms with E-state index in [1.807, 2.05) is 47.4 Å². The van der Waals surface area contributed by atoms with Crippen LogP contribution in [0.4, 0.5) is 5.69 Å². The van der Waals surface area contributed by atoms with E-state index < -0.39 is 0 Å². The summed E-state index contributed by atoms with van der Waals surface area (Å²) in [6.45, 7) is 2.86. The molecule has 3 nitrogen and oxygen atoms in total. The molecule has 136 valence electrons. The van der Waals surface area contributed by atoms with E-state index in [1.54, 1.807) is 18.9 Å². The van der Waals surface area contributed by atoms with Gasteiger partial charge in [-0.05, 0) is 49.2 Å². The second-order valence-electron chi connectivity index (χ2n) is 6.44. The van der Waals surface area contributed by atoms with Gasteiger partial charge in [0, 0.05) is 22.9 Å². The Balaban J connectivity index is 1.66. The number of hydrogen-bond donors (Lipinski definition) is 0. The van der Waals surface area contributed by atoms with Crippen molar-refractivity contribution in [3.8, 4) is 5.75 Å². The highest BCUT2D eigenvalue weighted by molar-refractivity contribution is 7.99. The molecule has 0 radical (unpaired) electrons. The lowest BCUT2D eigenvalue weighted by atomic mass is 9.83. The van der Waals surface area contributed by atoms with Crippen LogP contribution in [0.15, 0.2) is 71.6 Å². The molecule has 0 aromatic heterocycles. The third-order valence-electron chi connectivity index (χ3n) is 4.99. The van der Waals surface area contributed by atoms with E-state index in [9.17, 15) is 4.79 Å². The molecule has 1 aliphatic heterocycles. The smallest absolute Gasteiger partial charge is 0.237 e. The molecular formula is C22H25NO2S. The predicted octanol–water partition coefficient (Wildman–Crippen LogP) is 5.18. The van der Waals surface area contributed by atoms with E-state index in [-0.39, 0.29) is 11.3 Å². The molecule has 2 aromatic rings. The lowest BCUT2D eigenvalue weighted by Crippen LogP contribution is -2.33. The van der Waals surface area contributed by atoms with Crippen molar-refractivity contribution in [2.45, 2.75) is 24.7 Å². The Bertz CT molecular complexity index is 757. The van der Waals surface area contributed by atoms with Gasteiger partial charge in [-0.3, -0.25) is 4.79 Å². The van der Waals surface area contributed by atoms with Gasteiger partial charge in [-0.15, -0.1) is 11.8 Å². The van der Waals surface area contributed by atoms with Gasteiger partial charge in [-0.2, -0.15) is 0 Å². The van der Waals surface area contributed by atoms with Crippen LogP contribution in [0, 0.1) is 5.41 Å². The van der Waals surface area contributed by atoms with Crippen molar-refractivity contribution in [1.29, 1.82) is 0 Å². The van der Waals surface area contributed by atoms with Gasteiger partial charge in [0.05, 0.1) is 12.5 Å². The van der Waals surface area contributed by atoms with Crippen molar-refractivity contribution in [2.75, 3.05) is 24.3 Å². The SMILES string of the molecule is CC[C@@]1(/C=C/CSc2ccccc2)CCN(c2ccc(OC)cc2)C1=O. The lowest BCUT2D eigenvalue weighted by Gasteiger charge is -2.23. The fourth-order valence-corrected chi connectivity index (χ4v) is 4.07. The summed E-state index contributed by atoms with van der Waals surface area (Å²) in [6.07, 6.45) is 5.97. The number of nitrogens with zero attached hydrogens (tertiary/aromatic N) is 1. The van der Waals surface area contributed by atoms with E-state index in [4.69, 9.17) is 4.74 Å². The molecule has 1 fully saturated rings. The van der Waals surface area contributed by atoms with Gasteiger partial charge >= 0.3 is 0 Å². The van der Waals surface area contributed by atoms with Crippen LogP contribution in [0.1, 0.15) is 19.8 Å². The Morgan fingerprint density at radius 1 is 1.15 bits per heavy atom. The van der Waals surface area contributed by atoms with Gasteiger partial charge in [0.15, 0.2) is 0 Å². The molecule has 4 heteroatoms. The molecule has 0 spiro atoms. The fraction of sp³-hybridized carbons (Fsp3) is 0.318. The summed E-state index contributed by atoms with van der Waals surface area (Å²) in [4.78, 5) is 16.3. The minimum absolute atomic E-state index is 0.200. The van der Waals surface area contributed by atoms with Crippen molar-refractivity contribution < 1.29 is 9.53 Å². The molecule has 3 rings (SSSR count). The molecule has 0 unspecified atom stereocenters. The van der Waals surface area contributed by atoms with Crippen molar-refractivity contribution in [3.63, 3.8) is 0 Å². The largest absolute Gasteiger partial charge is 0.497 e. The molecule has 0 aliphatic carbocycles. The Hall–Kier alpha value is -2.20. The number of amides is 1. The molecule has 1 amide bonds. The molecule has 1 aliphatic rings. The minimum Gasteiger partial charge on any atom is -0.497 e. The van der Waals surface area contributed by atoms with Crippen LogP contribution in [0.5, 0.6) is 5.75 Å². The Labute approximate surface area is 160 Å². The molecule has 26 heavy (non-hydrogen) atoms.